The summed E-state index contributed by atoms with van der Waals surface area (Å²) < 4.78 is 0. The largest absolute Gasteiger partial charge is 0.0620 e. The van der Waals surface area contributed by atoms with Crippen LogP contribution in [0.1, 0.15) is 42.7 Å². The molecule has 3 atom stereocenters. The minimum Gasteiger partial charge on any atom is -0.0620 e. The third-order valence-electron chi connectivity index (χ3n) is 4.33. The summed E-state index contributed by atoms with van der Waals surface area (Å²) in [6, 6.07) is 8.97. The van der Waals surface area contributed by atoms with Crippen molar-refractivity contribution in [2.45, 2.75) is 38.5 Å². The molecule has 14 heavy (non-hydrogen) atoms. The van der Waals surface area contributed by atoms with Crippen LogP contribution in [0.15, 0.2) is 24.3 Å². The second-order valence-electron chi connectivity index (χ2n) is 5.14. The maximum absolute atomic E-state index is 2.35. The van der Waals surface area contributed by atoms with Crippen LogP contribution in [0.4, 0.5) is 0 Å². The van der Waals surface area contributed by atoms with Gasteiger partial charge < -0.3 is 0 Å². The molecular formula is C14H18. The van der Waals surface area contributed by atoms with E-state index in [1.54, 1.807) is 5.56 Å². The molecule has 2 fully saturated rings. The van der Waals surface area contributed by atoms with Crippen molar-refractivity contribution < 1.29 is 0 Å². The van der Waals surface area contributed by atoms with Crippen molar-refractivity contribution in [2.75, 3.05) is 0 Å². The fourth-order valence-corrected chi connectivity index (χ4v) is 3.63. The molecule has 0 aromatic heterocycles. The first-order valence-corrected chi connectivity index (χ1v) is 5.90. The van der Waals surface area contributed by atoms with Crippen LogP contribution in [0.3, 0.4) is 0 Å². The highest BCUT2D eigenvalue weighted by molar-refractivity contribution is 5.31. The zero-order valence-corrected chi connectivity index (χ0v) is 8.87. The van der Waals surface area contributed by atoms with E-state index in [2.05, 4.69) is 31.2 Å². The minimum atomic E-state index is 0.898. The van der Waals surface area contributed by atoms with Gasteiger partial charge in [-0.1, -0.05) is 30.7 Å². The molecule has 2 saturated carbocycles. The predicted molar refractivity (Wildman–Crippen MR) is 59.4 cm³/mol. The van der Waals surface area contributed by atoms with Crippen LogP contribution in [-0.4, -0.2) is 0 Å². The standard InChI is InChI=1S/C14H18/c1-10-4-2-3-5-13(10)14-9-11-6-7-12(14)8-11/h2-5,11-12,14H,6-9H2,1H3/t11?,12?,14-/m1/s1. The van der Waals surface area contributed by atoms with E-state index in [9.17, 15) is 0 Å². The van der Waals surface area contributed by atoms with Gasteiger partial charge in [-0.25, -0.2) is 0 Å². The first-order chi connectivity index (χ1) is 6.84. The average molecular weight is 186 g/mol. The molecule has 1 aromatic rings. The van der Waals surface area contributed by atoms with E-state index < -0.39 is 0 Å². The van der Waals surface area contributed by atoms with E-state index in [0.717, 1.165) is 17.8 Å². The minimum absolute atomic E-state index is 0.898. The summed E-state index contributed by atoms with van der Waals surface area (Å²) in [4.78, 5) is 0. The number of aryl methyl sites for hydroxylation is 1. The van der Waals surface area contributed by atoms with Gasteiger partial charge >= 0.3 is 0 Å². The first-order valence-electron chi connectivity index (χ1n) is 5.90. The van der Waals surface area contributed by atoms with E-state index in [1.165, 1.54) is 31.2 Å². The molecule has 0 radical (unpaired) electrons. The van der Waals surface area contributed by atoms with Gasteiger partial charge in [-0.2, -0.15) is 0 Å². The Labute approximate surface area is 86.3 Å². The zero-order valence-electron chi connectivity index (χ0n) is 8.87. The fraction of sp³-hybridized carbons (Fsp3) is 0.571. The van der Waals surface area contributed by atoms with Crippen LogP contribution in [0.2, 0.25) is 0 Å². The maximum atomic E-state index is 2.35. The van der Waals surface area contributed by atoms with Crippen LogP contribution in [0, 0.1) is 18.8 Å². The van der Waals surface area contributed by atoms with E-state index >= 15 is 0 Å². The Kier molecular flexibility index (Phi) is 1.90. The lowest BCUT2D eigenvalue weighted by Gasteiger charge is -2.23. The summed E-state index contributed by atoms with van der Waals surface area (Å²) in [6.07, 6.45) is 5.98. The Morgan fingerprint density at radius 1 is 1.07 bits per heavy atom. The number of rotatable bonds is 1. The highest BCUT2D eigenvalue weighted by Crippen LogP contribution is 2.53. The Hall–Kier alpha value is -0.780. The molecule has 0 heteroatoms. The van der Waals surface area contributed by atoms with E-state index in [-0.39, 0.29) is 0 Å². The van der Waals surface area contributed by atoms with Gasteiger partial charge in [0.25, 0.3) is 0 Å². The summed E-state index contributed by atoms with van der Waals surface area (Å²) in [6.45, 7) is 2.27. The molecule has 1 aromatic carbocycles. The molecule has 2 aliphatic carbocycles. The second kappa shape index (κ2) is 3.12. The van der Waals surface area contributed by atoms with Gasteiger partial charge in [0, 0.05) is 0 Å². The van der Waals surface area contributed by atoms with Crippen molar-refractivity contribution in [2.24, 2.45) is 11.8 Å². The van der Waals surface area contributed by atoms with Gasteiger partial charge in [0.15, 0.2) is 0 Å². The SMILES string of the molecule is Cc1ccccc1[C@@H]1CC2CCC1C2. The van der Waals surface area contributed by atoms with Crippen molar-refractivity contribution in [1.29, 1.82) is 0 Å². The van der Waals surface area contributed by atoms with Gasteiger partial charge in [-0.15, -0.1) is 0 Å². The summed E-state index contributed by atoms with van der Waals surface area (Å²) in [5.74, 6) is 2.97. The number of benzene rings is 1. The van der Waals surface area contributed by atoms with Crippen LogP contribution < -0.4 is 0 Å². The molecule has 2 unspecified atom stereocenters. The van der Waals surface area contributed by atoms with E-state index in [4.69, 9.17) is 0 Å². The number of hydrogen-bond acceptors (Lipinski definition) is 0. The Morgan fingerprint density at radius 3 is 2.57 bits per heavy atom. The summed E-state index contributed by atoms with van der Waals surface area (Å²) in [7, 11) is 0. The molecule has 2 bridgehead atoms. The lowest BCUT2D eigenvalue weighted by Crippen LogP contribution is -2.09. The predicted octanol–water partition coefficient (Wildman–Crippen LogP) is 3.90. The molecule has 0 saturated heterocycles. The smallest absolute Gasteiger partial charge is 0.0128 e. The Bertz CT molecular complexity index is 340. The van der Waals surface area contributed by atoms with Crippen LogP contribution in [0.5, 0.6) is 0 Å². The molecular weight excluding hydrogens is 168 g/mol. The molecule has 0 amide bonds. The Morgan fingerprint density at radius 2 is 1.93 bits per heavy atom. The lowest BCUT2D eigenvalue weighted by molar-refractivity contribution is 0.419. The highest BCUT2D eigenvalue weighted by atomic mass is 14.4. The fourth-order valence-electron chi connectivity index (χ4n) is 3.63. The van der Waals surface area contributed by atoms with Gasteiger partial charge in [-0.05, 0) is 55.1 Å². The van der Waals surface area contributed by atoms with E-state index in [1.807, 2.05) is 0 Å². The average Bonchev–Trinajstić information content (AvgIpc) is 2.79. The van der Waals surface area contributed by atoms with Crippen LogP contribution in [0.25, 0.3) is 0 Å². The highest BCUT2D eigenvalue weighted by Gasteiger charge is 2.40. The first kappa shape index (κ1) is 8.52. The zero-order chi connectivity index (χ0) is 9.54. The van der Waals surface area contributed by atoms with Crippen LogP contribution >= 0.6 is 0 Å². The third kappa shape index (κ3) is 1.20. The normalized spacial score (nSPS) is 35.1. The Balaban J connectivity index is 1.93. The topological polar surface area (TPSA) is 0 Å². The van der Waals surface area contributed by atoms with Crippen molar-refractivity contribution in [3.05, 3.63) is 35.4 Å². The summed E-state index contributed by atoms with van der Waals surface area (Å²) >= 11 is 0. The van der Waals surface area contributed by atoms with Crippen LogP contribution in [-0.2, 0) is 0 Å². The molecule has 2 aliphatic rings. The molecule has 0 nitrogen and oxygen atoms in total. The second-order valence-corrected chi connectivity index (χ2v) is 5.14. The molecule has 0 heterocycles. The summed E-state index contributed by atoms with van der Waals surface area (Å²) in [5, 5.41) is 0. The van der Waals surface area contributed by atoms with Gasteiger partial charge in [0.1, 0.15) is 0 Å². The number of fused-ring (bicyclic) bond motifs is 2. The van der Waals surface area contributed by atoms with E-state index in [0.29, 0.717) is 0 Å². The third-order valence-corrected chi connectivity index (χ3v) is 4.33. The molecule has 0 spiro atoms. The lowest BCUT2D eigenvalue weighted by atomic mass is 9.82. The van der Waals surface area contributed by atoms with Crippen molar-refractivity contribution in [3.63, 3.8) is 0 Å². The van der Waals surface area contributed by atoms with Gasteiger partial charge in [0.05, 0.1) is 0 Å². The van der Waals surface area contributed by atoms with Gasteiger partial charge in [0.2, 0.25) is 0 Å². The van der Waals surface area contributed by atoms with Crippen molar-refractivity contribution in [3.8, 4) is 0 Å². The molecule has 0 N–H and O–H groups in total. The van der Waals surface area contributed by atoms with Gasteiger partial charge in [-0.3, -0.25) is 0 Å². The summed E-state index contributed by atoms with van der Waals surface area (Å²) in [5.41, 5.74) is 3.14. The molecule has 3 rings (SSSR count). The quantitative estimate of drug-likeness (QED) is 0.624. The maximum Gasteiger partial charge on any atom is -0.0128 e. The molecule has 0 aliphatic heterocycles. The van der Waals surface area contributed by atoms with Crippen molar-refractivity contribution >= 4 is 0 Å². The number of hydrogen-bond donors (Lipinski definition) is 0. The monoisotopic (exact) mass is 186 g/mol. The van der Waals surface area contributed by atoms with Crippen molar-refractivity contribution in [1.82, 2.24) is 0 Å². The molecule has 74 valence electrons.